The minimum atomic E-state index is -0.846. The number of nitrogens with zero attached hydrogens (tertiary/aromatic N) is 1. The van der Waals surface area contributed by atoms with E-state index in [2.05, 4.69) is 17.1 Å². The molecule has 1 saturated heterocycles. The van der Waals surface area contributed by atoms with E-state index in [1.54, 1.807) is 6.92 Å². The van der Waals surface area contributed by atoms with Crippen LogP contribution in [0.1, 0.15) is 33.6 Å². The summed E-state index contributed by atoms with van der Waals surface area (Å²) in [4.78, 5) is 13.7. The van der Waals surface area contributed by atoms with Crippen LogP contribution in [0, 0.1) is 0 Å². The average Bonchev–Trinajstić information content (AvgIpc) is 2.57. The first-order valence-electron chi connectivity index (χ1n) is 6.80. The summed E-state index contributed by atoms with van der Waals surface area (Å²) in [5.41, 5.74) is -0.846. The summed E-state index contributed by atoms with van der Waals surface area (Å²) in [5.74, 6) is -0.776. The van der Waals surface area contributed by atoms with E-state index in [1.807, 2.05) is 6.92 Å². The molecule has 1 fully saturated rings. The van der Waals surface area contributed by atoms with Crippen LogP contribution in [0.15, 0.2) is 0 Å². The van der Waals surface area contributed by atoms with Gasteiger partial charge in [-0.3, -0.25) is 9.69 Å². The zero-order valence-corrected chi connectivity index (χ0v) is 11.7. The van der Waals surface area contributed by atoms with Crippen molar-refractivity contribution < 1.29 is 14.6 Å². The second kappa shape index (κ2) is 7.07. The van der Waals surface area contributed by atoms with Crippen molar-refractivity contribution in [3.05, 3.63) is 0 Å². The minimum Gasteiger partial charge on any atom is -0.480 e. The molecule has 0 aromatic rings. The van der Waals surface area contributed by atoms with E-state index in [9.17, 15) is 9.90 Å². The van der Waals surface area contributed by atoms with Gasteiger partial charge in [0.05, 0.1) is 6.61 Å². The number of likely N-dealkylation sites (N-methyl/N-ethyl adjacent to an activating group) is 1. The van der Waals surface area contributed by atoms with Crippen LogP contribution in [0.5, 0.6) is 0 Å². The molecule has 1 heterocycles. The smallest absolute Gasteiger partial charge is 0.323 e. The Morgan fingerprint density at radius 2 is 2.22 bits per heavy atom. The minimum absolute atomic E-state index is 0.242. The van der Waals surface area contributed by atoms with Crippen molar-refractivity contribution in [2.24, 2.45) is 0 Å². The fourth-order valence-corrected chi connectivity index (χ4v) is 2.55. The first kappa shape index (κ1) is 15.4. The molecule has 5 nitrogen and oxygen atoms in total. The molecule has 2 atom stereocenters. The van der Waals surface area contributed by atoms with Gasteiger partial charge < -0.3 is 15.2 Å². The van der Waals surface area contributed by atoms with Gasteiger partial charge in [-0.15, -0.1) is 0 Å². The van der Waals surface area contributed by atoms with Gasteiger partial charge in [-0.2, -0.15) is 0 Å². The SMILES string of the molecule is CCNC(C)(CC(C)N1CCCOCC1)C(=O)O. The first-order valence-corrected chi connectivity index (χ1v) is 6.80. The lowest BCUT2D eigenvalue weighted by Crippen LogP contribution is -2.53. The summed E-state index contributed by atoms with van der Waals surface area (Å²) >= 11 is 0. The summed E-state index contributed by atoms with van der Waals surface area (Å²) in [6, 6.07) is 0.242. The molecule has 2 unspecified atom stereocenters. The third-order valence-electron chi connectivity index (χ3n) is 3.62. The first-order chi connectivity index (χ1) is 8.49. The van der Waals surface area contributed by atoms with Gasteiger partial charge in [0.25, 0.3) is 0 Å². The van der Waals surface area contributed by atoms with Crippen LogP contribution < -0.4 is 5.32 Å². The standard InChI is InChI=1S/C13H26N2O3/c1-4-14-13(3,12(16)17)10-11(2)15-6-5-8-18-9-7-15/h11,14H,4-10H2,1-3H3,(H,16,17). The Balaban J connectivity index is 2.59. The highest BCUT2D eigenvalue weighted by Crippen LogP contribution is 2.18. The Morgan fingerprint density at radius 1 is 1.50 bits per heavy atom. The zero-order valence-electron chi connectivity index (χ0n) is 11.7. The lowest BCUT2D eigenvalue weighted by Gasteiger charge is -2.34. The molecule has 1 rings (SSSR count). The lowest BCUT2D eigenvalue weighted by atomic mass is 9.92. The highest BCUT2D eigenvalue weighted by Gasteiger charge is 2.35. The van der Waals surface area contributed by atoms with Crippen LogP contribution in [-0.4, -0.2) is 60.4 Å². The molecule has 0 radical (unpaired) electrons. The van der Waals surface area contributed by atoms with Gasteiger partial charge in [0.1, 0.15) is 5.54 Å². The van der Waals surface area contributed by atoms with E-state index in [1.165, 1.54) is 0 Å². The molecular formula is C13H26N2O3. The summed E-state index contributed by atoms with van der Waals surface area (Å²) in [6.45, 7) is 9.91. The molecule has 0 aromatic carbocycles. The molecule has 5 heteroatoms. The van der Waals surface area contributed by atoms with Crippen molar-refractivity contribution in [1.29, 1.82) is 0 Å². The predicted octanol–water partition coefficient (Wildman–Crippen LogP) is 0.940. The van der Waals surface area contributed by atoms with Crippen molar-refractivity contribution in [3.8, 4) is 0 Å². The van der Waals surface area contributed by atoms with Gasteiger partial charge in [-0.1, -0.05) is 6.92 Å². The van der Waals surface area contributed by atoms with Crippen LogP contribution in [0.2, 0.25) is 0 Å². The second-order valence-corrected chi connectivity index (χ2v) is 5.22. The Kier molecular flexibility index (Phi) is 6.05. The van der Waals surface area contributed by atoms with Crippen molar-refractivity contribution in [2.45, 2.75) is 45.2 Å². The van der Waals surface area contributed by atoms with Crippen LogP contribution in [-0.2, 0) is 9.53 Å². The average molecular weight is 258 g/mol. The number of aliphatic carboxylic acids is 1. The van der Waals surface area contributed by atoms with E-state index in [0.29, 0.717) is 13.0 Å². The number of carbonyl (C=O) groups is 1. The summed E-state index contributed by atoms with van der Waals surface area (Å²) < 4.78 is 5.43. The number of rotatable bonds is 6. The maximum atomic E-state index is 11.4. The second-order valence-electron chi connectivity index (χ2n) is 5.22. The predicted molar refractivity (Wildman–Crippen MR) is 70.8 cm³/mol. The number of ether oxygens (including phenoxy) is 1. The summed E-state index contributed by atoms with van der Waals surface area (Å²) in [7, 11) is 0. The quantitative estimate of drug-likeness (QED) is 0.742. The summed E-state index contributed by atoms with van der Waals surface area (Å²) in [6.07, 6.45) is 1.63. The van der Waals surface area contributed by atoms with E-state index < -0.39 is 11.5 Å². The van der Waals surface area contributed by atoms with Gasteiger partial charge in [-0.05, 0) is 33.2 Å². The molecule has 0 spiro atoms. The number of hydrogen-bond acceptors (Lipinski definition) is 4. The van der Waals surface area contributed by atoms with Gasteiger partial charge in [0.15, 0.2) is 0 Å². The number of hydrogen-bond donors (Lipinski definition) is 2. The normalized spacial score (nSPS) is 23.1. The van der Waals surface area contributed by atoms with Crippen LogP contribution in [0.4, 0.5) is 0 Å². The van der Waals surface area contributed by atoms with Crippen molar-refractivity contribution in [1.82, 2.24) is 10.2 Å². The third-order valence-corrected chi connectivity index (χ3v) is 3.62. The largest absolute Gasteiger partial charge is 0.480 e. The Hall–Kier alpha value is -0.650. The fraction of sp³-hybridized carbons (Fsp3) is 0.923. The number of carboxylic acids is 1. The molecule has 0 saturated carbocycles. The van der Waals surface area contributed by atoms with E-state index in [4.69, 9.17) is 4.74 Å². The van der Waals surface area contributed by atoms with Gasteiger partial charge >= 0.3 is 5.97 Å². The Morgan fingerprint density at radius 3 is 2.83 bits per heavy atom. The molecule has 106 valence electrons. The number of nitrogens with one attached hydrogen (secondary N) is 1. The van der Waals surface area contributed by atoms with E-state index >= 15 is 0 Å². The third kappa shape index (κ3) is 4.23. The molecule has 2 N–H and O–H groups in total. The van der Waals surface area contributed by atoms with Crippen LogP contribution in [0.3, 0.4) is 0 Å². The summed E-state index contributed by atoms with van der Waals surface area (Å²) in [5, 5.41) is 12.4. The number of carboxylic acid groups (broad SMARTS) is 1. The topological polar surface area (TPSA) is 61.8 Å². The fourth-order valence-electron chi connectivity index (χ4n) is 2.55. The van der Waals surface area contributed by atoms with E-state index in [-0.39, 0.29) is 6.04 Å². The maximum absolute atomic E-state index is 11.4. The Labute approximate surface area is 109 Å². The zero-order chi connectivity index (χ0) is 13.6. The highest BCUT2D eigenvalue weighted by atomic mass is 16.5. The molecule has 18 heavy (non-hydrogen) atoms. The Bertz CT molecular complexity index is 265. The van der Waals surface area contributed by atoms with Crippen LogP contribution in [0.25, 0.3) is 0 Å². The lowest BCUT2D eigenvalue weighted by molar-refractivity contribution is -0.145. The highest BCUT2D eigenvalue weighted by molar-refractivity contribution is 5.78. The molecule has 0 aliphatic carbocycles. The van der Waals surface area contributed by atoms with Crippen molar-refractivity contribution >= 4 is 5.97 Å². The molecule has 0 bridgehead atoms. The van der Waals surface area contributed by atoms with Crippen LogP contribution >= 0.6 is 0 Å². The monoisotopic (exact) mass is 258 g/mol. The molecule has 0 amide bonds. The van der Waals surface area contributed by atoms with Gasteiger partial charge in [-0.25, -0.2) is 0 Å². The van der Waals surface area contributed by atoms with Gasteiger partial charge in [0, 0.05) is 25.7 Å². The van der Waals surface area contributed by atoms with Crippen molar-refractivity contribution in [3.63, 3.8) is 0 Å². The van der Waals surface area contributed by atoms with Gasteiger partial charge in [0.2, 0.25) is 0 Å². The molecule has 1 aliphatic heterocycles. The van der Waals surface area contributed by atoms with E-state index in [0.717, 1.165) is 32.7 Å². The van der Waals surface area contributed by atoms with Crippen molar-refractivity contribution in [2.75, 3.05) is 32.8 Å². The molecular weight excluding hydrogens is 232 g/mol. The molecule has 1 aliphatic rings. The maximum Gasteiger partial charge on any atom is 0.323 e. The molecule has 0 aromatic heterocycles.